The van der Waals surface area contributed by atoms with E-state index in [1.807, 2.05) is 66.1 Å². The summed E-state index contributed by atoms with van der Waals surface area (Å²) in [6.45, 7) is 3.97. The van der Waals surface area contributed by atoms with E-state index < -0.39 is 17.5 Å². The van der Waals surface area contributed by atoms with Crippen LogP contribution in [0.3, 0.4) is 0 Å². The van der Waals surface area contributed by atoms with Crippen LogP contribution in [0.15, 0.2) is 89.7 Å². The lowest BCUT2D eigenvalue weighted by molar-refractivity contribution is -0.668. The number of H-pyrrole nitrogens is 2. The summed E-state index contributed by atoms with van der Waals surface area (Å²) in [5.74, 6) is -1.33. The first-order valence-corrected chi connectivity index (χ1v) is 13.1. The van der Waals surface area contributed by atoms with E-state index in [1.165, 1.54) is 0 Å². The minimum atomic E-state index is -0.854. The summed E-state index contributed by atoms with van der Waals surface area (Å²) >= 11 is 0. The average molecular weight is 570 g/mol. The molecule has 42 heavy (non-hydrogen) atoms. The first-order chi connectivity index (χ1) is 20.4. The second kappa shape index (κ2) is 11.1. The van der Waals surface area contributed by atoms with Crippen LogP contribution < -0.4 is 20.9 Å². The van der Waals surface area contributed by atoms with Crippen LogP contribution in [-0.4, -0.2) is 27.7 Å². The molecule has 0 aliphatic carbocycles. The van der Waals surface area contributed by atoms with E-state index >= 15 is 0 Å². The number of esters is 1. The van der Waals surface area contributed by atoms with Gasteiger partial charge in [0.1, 0.15) is 12.1 Å². The molecule has 0 unspecified atom stereocenters. The Kier molecular flexibility index (Phi) is 7.01. The van der Waals surface area contributed by atoms with Crippen LogP contribution in [0.2, 0.25) is 0 Å². The summed E-state index contributed by atoms with van der Waals surface area (Å²) < 4.78 is 27.7. The van der Waals surface area contributed by atoms with Crippen molar-refractivity contribution in [1.82, 2.24) is 15.1 Å². The molecule has 0 spiro atoms. The molecule has 212 valence electrons. The first kappa shape index (κ1) is 26.6. The molecule has 0 aliphatic rings. The van der Waals surface area contributed by atoms with E-state index in [2.05, 4.69) is 15.1 Å². The number of fused-ring (bicyclic) bond motifs is 1. The zero-order valence-corrected chi connectivity index (χ0v) is 22.6. The van der Waals surface area contributed by atoms with Gasteiger partial charge in [0.15, 0.2) is 35.0 Å². The Morgan fingerprint density at radius 3 is 2.43 bits per heavy atom. The molecule has 6 aromatic rings. The maximum absolute atomic E-state index is 13.2. The number of carbonyl (C=O) groups is 1. The van der Waals surface area contributed by atoms with Crippen LogP contribution in [0.5, 0.6) is 6.01 Å². The normalized spacial score (nSPS) is 11.2. The Balaban J connectivity index is 1.32. The number of ether oxygens (including phenoxy) is 2. The molecule has 3 aromatic heterocycles. The molecular weight excluding hydrogens is 544 g/mol. The summed E-state index contributed by atoms with van der Waals surface area (Å²) in [4.78, 5) is 41.9. The number of carbonyl (C=O) groups excluding carboxylic acids is 1. The molecule has 0 saturated carbocycles. The van der Waals surface area contributed by atoms with Gasteiger partial charge < -0.3 is 18.3 Å². The average Bonchev–Trinajstić information content (AvgIpc) is 3.68. The van der Waals surface area contributed by atoms with Crippen molar-refractivity contribution in [1.29, 1.82) is 0 Å². The highest BCUT2D eigenvalue weighted by atomic mass is 16.6. The van der Waals surface area contributed by atoms with Gasteiger partial charge in [-0.05, 0) is 42.7 Å². The van der Waals surface area contributed by atoms with Crippen molar-refractivity contribution in [2.24, 2.45) is 0 Å². The SMILES string of the molecule is CCOc1[nH]c2cccc(C(=O)OCc3oc(=O)oc3C)c2[n+]1Cc1ccc(-c2ccccc2-c2noc(=O)[nH]2)cc1. The second-order valence-electron chi connectivity index (χ2n) is 9.35. The van der Waals surface area contributed by atoms with Crippen molar-refractivity contribution in [2.45, 2.75) is 27.0 Å². The molecule has 0 atom stereocenters. The molecule has 0 aliphatic heterocycles. The number of nitrogens with one attached hydrogen (secondary N) is 2. The molecule has 0 fully saturated rings. The number of hydrogen-bond acceptors (Lipinski definition) is 9. The molecule has 0 saturated heterocycles. The molecular formula is C30H25N4O8+. The van der Waals surface area contributed by atoms with Gasteiger partial charge in [0, 0.05) is 5.56 Å². The predicted octanol–water partition coefficient (Wildman–Crippen LogP) is 4.12. The third-order valence-electron chi connectivity index (χ3n) is 6.69. The Bertz CT molecular complexity index is 2010. The largest absolute Gasteiger partial charge is 0.519 e. The Morgan fingerprint density at radius 2 is 1.74 bits per heavy atom. The fourth-order valence-electron chi connectivity index (χ4n) is 4.76. The van der Waals surface area contributed by atoms with Crippen molar-refractivity contribution < 1.29 is 32.2 Å². The molecule has 0 amide bonds. The number of benzene rings is 3. The number of aromatic amines is 2. The number of aromatic nitrogens is 4. The van der Waals surface area contributed by atoms with Gasteiger partial charge in [-0.3, -0.25) is 9.51 Å². The van der Waals surface area contributed by atoms with Crippen LogP contribution >= 0.6 is 0 Å². The van der Waals surface area contributed by atoms with Gasteiger partial charge in [0.2, 0.25) is 0 Å². The van der Waals surface area contributed by atoms with E-state index in [0.29, 0.717) is 41.6 Å². The Morgan fingerprint density at radius 1 is 0.952 bits per heavy atom. The van der Waals surface area contributed by atoms with Gasteiger partial charge in [0.05, 0.1) is 6.61 Å². The predicted molar refractivity (Wildman–Crippen MR) is 148 cm³/mol. The lowest BCUT2D eigenvalue weighted by Crippen LogP contribution is -2.36. The van der Waals surface area contributed by atoms with Crippen molar-refractivity contribution in [3.63, 3.8) is 0 Å². The Hall–Kier alpha value is -5.65. The van der Waals surface area contributed by atoms with Gasteiger partial charge in [-0.1, -0.05) is 59.8 Å². The van der Waals surface area contributed by atoms with Crippen molar-refractivity contribution in [3.8, 4) is 28.5 Å². The molecule has 12 heteroatoms. The molecule has 0 bridgehead atoms. The van der Waals surface area contributed by atoms with Gasteiger partial charge in [-0.15, -0.1) is 0 Å². The summed E-state index contributed by atoms with van der Waals surface area (Å²) in [5.41, 5.74) is 5.05. The van der Waals surface area contributed by atoms with Crippen molar-refractivity contribution >= 4 is 17.0 Å². The third-order valence-corrected chi connectivity index (χ3v) is 6.69. The van der Waals surface area contributed by atoms with E-state index in [9.17, 15) is 14.4 Å². The quantitative estimate of drug-likeness (QED) is 0.193. The molecule has 0 radical (unpaired) electrons. The number of rotatable bonds is 9. The van der Waals surface area contributed by atoms with E-state index in [0.717, 1.165) is 22.3 Å². The number of aryl methyl sites for hydroxylation is 1. The van der Waals surface area contributed by atoms with Crippen molar-refractivity contribution in [2.75, 3.05) is 6.61 Å². The van der Waals surface area contributed by atoms with E-state index in [4.69, 9.17) is 22.8 Å². The number of nitrogens with zero attached hydrogens (tertiary/aromatic N) is 2. The first-order valence-electron chi connectivity index (χ1n) is 13.1. The minimum Gasteiger partial charge on any atom is -0.454 e. The van der Waals surface area contributed by atoms with Crippen LogP contribution in [0, 0.1) is 6.92 Å². The molecule has 2 N–H and O–H groups in total. The number of para-hydroxylation sites is 1. The molecule has 6 rings (SSSR count). The van der Waals surface area contributed by atoms with Crippen LogP contribution in [-0.2, 0) is 17.9 Å². The smallest absolute Gasteiger partial charge is 0.454 e. The van der Waals surface area contributed by atoms with Gasteiger partial charge >= 0.3 is 23.6 Å². The molecule has 12 nitrogen and oxygen atoms in total. The topological polar surface area (TPSA) is 157 Å². The highest BCUT2D eigenvalue weighted by molar-refractivity contribution is 6.00. The molecule has 3 aromatic carbocycles. The van der Waals surface area contributed by atoms with Crippen LogP contribution in [0.25, 0.3) is 33.5 Å². The summed E-state index contributed by atoms with van der Waals surface area (Å²) in [6.07, 6.45) is 0. The fourth-order valence-corrected chi connectivity index (χ4v) is 4.76. The lowest BCUT2D eigenvalue weighted by atomic mass is 9.98. The zero-order valence-electron chi connectivity index (χ0n) is 22.6. The maximum atomic E-state index is 13.2. The van der Waals surface area contributed by atoms with Gasteiger partial charge in [0.25, 0.3) is 0 Å². The summed E-state index contributed by atoms with van der Waals surface area (Å²) in [5, 5.41) is 3.83. The fraction of sp³-hybridized carbons (Fsp3) is 0.167. The Labute approximate surface area is 237 Å². The lowest BCUT2D eigenvalue weighted by Gasteiger charge is -2.09. The van der Waals surface area contributed by atoms with Crippen LogP contribution in [0.4, 0.5) is 0 Å². The van der Waals surface area contributed by atoms with Crippen LogP contribution in [0.1, 0.15) is 34.4 Å². The van der Waals surface area contributed by atoms with Gasteiger partial charge in [-0.2, -0.15) is 4.57 Å². The maximum Gasteiger partial charge on any atom is 0.519 e. The minimum absolute atomic E-state index is 0.147. The zero-order chi connectivity index (χ0) is 29.2. The second-order valence-corrected chi connectivity index (χ2v) is 9.35. The monoisotopic (exact) mass is 569 g/mol. The standard InChI is InChI=1S/C30H24N4O8/c1-3-38-28-31-23-10-6-9-22(27(35)39-16-24-17(2)40-30(37)41-24)25(23)34(28)15-18-11-13-19(14-12-18)20-7-4-5-8-21(20)26-32-29(36)42-33-26/h4-14H,3,15-16H2,1-2H3,(H,32,33,36)/p+1. The van der Waals surface area contributed by atoms with E-state index in [1.54, 1.807) is 19.1 Å². The van der Waals surface area contributed by atoms with E-state index in [-0.39, 0.29) is 18.1 Å². The van der Waals surface area contributed by atoms with Gasteiger partial charge in [-0.25, -0.2) is 19.4 Å². The highest BCUT2D eigenvalue weighted by Gasteiger charge is 2.27. The summed E-state index contributed by atoms with van der Waals surface area (Å²) in [6, 6.07) is 21.2. The molecule has 3 heterocycles. The van der Waals surface area contributed by atoms with Crippen molar-refractivity contribution in [3.05, 3.63) is 111 Å². The summed E-state index contributed by atoms with van der Waals surface area (Å²) in [7, 11) is 0. The number of hydrogen-bond donors (Lipinski definition) is 2. The highest BCUT2D eigenvalue weighted by Crippen LogP contribution is 2.30. The third kappa shape index (κ3) is 5.12. The number of imidazole rings is 1.